The van der Waals surface area contributed by atoms with Crippen LogP contribution in [0.1, 0.15) is 52.8 Å². The first kappa shape index (κ1) is 16.1. The van der Waals surface area contributed by atoms with Crippen LogP contribution in [0.2, 0.25) is 0 Å². The Labute approximate surface area is 117 Å². The Bertz CT molecular complexity index is 350. The summed E-state index contributed by atoms with van der Waals surface area (Å²) in [5.74, 6) is 0. The standard InChI is InChI=1S/C15H28N4/c1-6-15(5,19(8-3)9-4)14(17-7-2)13-12-16-10-11-18-13/h10-12,14,17H,6-9H2,1-5H3. The lowest BCUT2D eigenvalue weighted by atomic mass is 9.85. The fourth-order valence-electron chi connectivity index (χ4n) is 2.86. The van der Waals surface area contributed by atoms with Gasteiger partial charge in [0.2, 0.25) is 0 Å². The Kier molecular flexibility index (Phi) is 6.38. The fourth-order valence-corrected chi connectivity index (χ4v) is 2.86. The zero-order valence-corrected chi connectivity index (χ0v) is 13.0. The maximum atomic E-state index is 4.51. The molecule has 1 aromatic heterocycles. The third kappa shape index (κ3) is 3.51. The summed E-state index contributed by atoms with van der Waals surface area (Å²) < 4.78 is 0. The molecule has 0 aliphatic rings. The van der Waals surface area contributed by atoms with Gasteiger partial charge in [-0.15, -0.1) is 0 Å². The van der Waals surface area contributed by atoms with Crippen molar-refractivity contribution in [2.24, 2.45) is 0 Å². The molecular weight excluding hydrogens is 236 g/mol. The van der Waals surface area contributed by atoms with E-state index in [1.807, 2.05) is 6.20 Å². The minimum atomic E-state index is 0.0511. The molecule has 4 nitrogen and oxygen atoms in total. The summed E-state index contributed by atoms with van der Waals surface area (Å²) in [6, 6.07) is 0.205. The van der Waals surface area contributed by atoms with Gasteiger partial charge in [-0.25, -0.2) is 0 Å². The lowest BCUT2D eigenvalue weighted by Gasteiger charge is -2.45. The molecule has 1 heterocycles. The van der Waals surface area contributed by atoms with Crippen molar-refractivity contribution in [1.82, 2.24) is 20.2 Å². The van der Waals surface area contributed by atoms with Gasteiger partial charge in [0.05, 0.1) is 17.9 Å². The van der Waals surface area contributed by atoms with E-state index >= 15 is 0 Å². The number of nitrogens with zero attached hydrogens (tertiary/aromatic N) is 3. The summed E-state index contributed by atoms with van der Waals surface area (Å²) in [7, 11) is 0. The van der Waals surface area contributed by atoms with Crippen LogP contribution in [0.25, 0.3) is 0 Å². The van der Waals surface area contributed by atoms with Gasteiger partial charge in [0.15, 0.2) is 0 Å². The number of nitrogens with one attached hydrogen (secondary N) is 1. The van der Waals surface area contributed by atoms with Crippen LogP contribution < -0.4 is 5.32 Å². The lowest BCUT2D eigenvalue weighted by molar-refractivity contribution is 0.0687. The van der Waals surface area contributed by atoms with Gasteiger partial charge in [0, 0.05) is 17.9 Å². The number of aromatic nitrogens is 2. The Morgan fingerprint density at radius 1 is 1.21 bits per heavy atom. The highest BCUT2D eigenvalue weighted by Gasteiger charge is 2.38. The van der Waals surface area contributed by atoms with Gasteiger partial charge in [0.1, 0.15) is 0 Å². The zero-order chi connectivity index (χ0) is 14.3. The van der Waals surface area contributed by atoms with Crippen molar-refractivity contribution in [3.63, 3.8) is 0 Å². The van der Waals surface area contributed by atoms with Crippen LogP contribution in [0.15, 0.2) is 18.6 Å². The van der Waals surface area contributed by atoms with Crippen molar-refractivity contribution < 1.29 is 0 Å². The molecule has 0 aromatic carbocycles. The molecule has 108 valence electrons. The average Bonchev–Trinajstić information content (AvgIpc) is 2.46. The van der Waals surface area contributed by atoms with Crippen molar-refractivity contribution in [3.8, 4) is 0 Å². The van der Waals surface area contributed by atoms with Gasteiger partial charge < -0.3 is 5.32 Å². The van der Waals surface area contributed by atoms with E-state index in [2.05, 4.69) is 54.8 Å². The summed E-state index contributed by atoms with van der Waals surface area (Å²) in [6.07, 6.45) is 6.46. The molecule has 0 saturated carbocycles. The lowest BCUT2D eigenvalue weighted by Crippen LogP contribution is -2.54. The minimum absolute atomic E-state index is 0.0511. The maximum Gasteiger partial charge on any atom is 0.0774 e. The molecule has 0 aliphatic heterocycles. The van der Waals surface area contributed by atoms with Crippen molar-refractivity contribution in [1.29, 1.82) is 0 Å². The molecule has 0 amide bonds. The Hall–Kier alpha value is -1.00. The molecule has 1 aromatic rings. The topological polar surface area (TPSA) is 41.1 Å². The first-order valence-corrected chi connectivity index (χ1v) is 7.38. The number of hydrogen-bond donors (Lipinski definition) is 1. The normalized spacial score (nSPS) is 16.3. The van der Waals surface area contributed by atoms with Crippen LogP contribution in [-0.2, 0) is 0 Å². The van der Waals surface area contributed by atoms with E-state index in [0.29, 0.717) is 0 Å². The van der Waals surface area contributed by atoms with Crippen molar-refractivity contribution in [2.45, 2.75) is 52.6 Å². The predicted molar refractivity (Wildman–Crippen MR) is 80.1 cm³/mol. The molecular formula is C15H28N4. The second-order valence-electron chi connectivity index (χ2n) is 5.00. The van der Waals surface area contributed by atoms with Gasteiger partial charge in [-0.05, 0) is 33.0 Å². The molecule has 19 heavy (non-hydrogen) atoms. The van der Waals surface area contributed by atoms with Crippen LogP contribution in [0.3, 0.4) is 0 Å². The average molecular weight is 264 g/mol. The van der Waals surface area contributed by atoms with E-state index in [-0.39, 0.29) is 11.6 Å². The zero-order valence-electron chi connectivity index (χ0n) is 13.0. The van der Waals surface area contributed by atoms with E-state index < -0.39 is 0 Å². The van der Waals surface area contributed by atoms with Crippen LogP contribution in [0.5, 0.6) is 0 Å². The van der Waals surface area contributed by atoms with Crippen molar-refractivity contribution in [3.05, 3.63) is 24.3 Å². The second kappa shape index (κ2) is 7.56. The third-order valence-corrected chi connectivity index (χ3v) is 4.11. The molecule has 0 spiro atoms. The second-order valence-corrected chi connectivity index (χ2v) is 5.00. The number of rotatable bonds is 8. The van der Waals surface area contributed by atoms with E-state index in [9.17, 15) is 0 Å². The van der Waals surface area contributed by atoms with Crippen LogP contribution in [0.4, 0.5) is 0 Å². The largest absolute Gasteiger partial charge is 0.307 e. The Morgan fingerprint density at radius 3 is 2.32 bits per heavy atom. The maximum absolute atomic E-state index is 4.51. The molecule has 0 radical (unpaired) electrons. The Balaban J connectivity index is 3.14. The summed E-state index contributed by atoms with van der Waals surface area (Å²) in [5, 5.41) is 3.60. The molecule has 2 unspecified atom stereocenters. The molecule has 0 fully saturated rings. The fraction of sp³-hybridized carbons (Fsp3) is 0.733. The van der Waals surface area contributed by atoms with Gasteiger partial charge in [-0.2, -0.15) is 0 Å². The van der Waals surface area contributed by atoms with E-state index in [4.69, 9.17) is 0 Å². The highest BCUT2D eigenvalue weighted by atomic mass is 15.2. The van der Waals surface area contributed by atoms with Gasteiger partial charge in [0.25, 0.3) is 0 Å². The molecule has 0 bridgehead atoms. The molecule has 1 N–H and O–H groups in total. The Morgan fingerprint density at radius 2 is 1.89 bits per heavy atom. The molecule has 0 saturated heterocycles. The van der Waals surface area contributed by atoms with Crippen LogP contribution in [-0.4, -0.2) is 40.0 Å². The van der Waals surface area contributed by atoms with Crippen molar-refractivity contribution in [2.75, 3.05) is 19.6 Å². The highest BCUT2D eigenvalue weighted by molar-refractivity contribution is 5.11. The van der Waals surface area contributed by atoms with E-state index in [1.54, 1.807) is 12.4 Å². The smallest absolute Gasteiger partial charge is 0.0774 e. The van der Waals surface area contributed by atoms with Crippen LogP contribution in [0, 0.1) is 0 Å². The molecule has 4 heteroatoms. The summed E-state index contributed by atoms with van der Waals surface area (Å²) in [6.45, 7) is 14.2. The summed E-state index contributed by atoms with van der Waals surface area (Å²) >= 11 is 0. The monoisotopic (exact) mass is 264 g/mol. The van der Waals surface area contributed by atoms with Crippen LogP contribution >= 0.6 is 0 Å². The van der Waals surface area contributed by atoms with E-state index in [1.165, 1.54) is 0 Å². The summed E-state index contributed by atoms with van der Waals surface area (Å²) in [4.78, 5) is 11.2. The van der Waals surface area contributed by atoms with Gasteiger partial charge >= 0.3 is 0 Å². The first-order valence-electron chi connectivity index (χ1n) is 7.38. The van der Waals surface area contributed by atoms with Crippen molar-refractivity contribution >= 4 is 0 Å². The SMILES string of the molecule is CCNC(c1cnccn1)C(C)(CC)N(CC)CC. The predicted octanol–water partition coefficient (Wildman–Crippen LogP) is 2.64. The molecule has 2 atom stereocenters. The van der Waals surface area contributed by atoms with E-state index in [0.717, 1.165) is 31.7 Å². The molecule has 1 rings (SSSR count). The quantitative estimate of drug-likeness (QED) is 0.783. The highest BCUT2D eigenvalue weighted by Crippen LogP contribution is 2.32. The number of likely N-dealkylation sites (N-methyl/N-ethyl adjacent to an activating group) is 2. The first-order chi connectivity index (χ1) is 9.13. The minimum Gasteiger partial charge on any atom is -0.307 e. The molecule has 0 aliphatic carbocycles. The van der Waals surface area contributed by atoms with Gasteiger partial charge in [-0.3, -0.25) is 14.9 Å². The third-order valence-electron chi connectivity index (χ3n) is 4.11. The summed E-state index contributed by atoms with van der Waals surface area (Å²) in [5.41, 5.74) is 1.08. The number of hydrogen-bond acceptors (Lipinski definition) is 4. The van der Waals surface area contributed by atoms with Gasteiger partial charge in [-0.1, -0.05) is 27.7 Å².